The third-order valence-electron chi connectivity index (χ3n) is 3.49. The van der Waals surface area contributed by atoms with Crippen molar-refractivity contribution in [2.45, 2.75) is 0 Å². The van der Waals surface area contributed by atoms with E-state index in [2.05, 4.69) is 0 Å². The molecule has 8 nitrogen and oxygen atoms in total. The molecular formula is C17H13Cl2NO7. The first-order valence-corrected chi connectivity index (χ1v) is 8.09. The van der Waals surface area contributed by atoms with Crippen molar-refractivity contribution in [1.82, 2.24) is 0 Å². The third-order valence-corrected chi connectivity index (χ3v) is 4.23. The number of halogens is 2. The maximum absolute atomic E-state index is 12.3. The van der Waals surface area contributed by atoms with Crippen LogP contribution in [0.2, 0.25) is 10.0 Å². The molecule has 0 bridgehead atoms. The molecule has 10 heteroatoms. The summed E-state index contributed by atoms with van der Waals surface area (Å²) < 4.78 is 14.9. The fourth-order valence-corrected chi connectivity index (χ4v) is 2.44. The topological polar surface area (TPSA) is 105 Å². The number of hydrogen-bond donors (Lipinski definition) is 0. The summed E-state index contributed by atoms with van der Waals surface area (Å²) in [7, 11) is 2.61. The molecule has 0 heterocycles. The number of hydrogen-bond acceptors (Lipinski definition) is 7. The van der Waals surface area contributed by atoms with Gasteiger partial charge in [0.05, 0.1) is 35.3 Å². The molecule has 142 valence electrons. The maximum Gasteiger partial charge on any atom is 0.345 e. The van der Waals surface area contributed by atoms with Gasteiger partial charge >= 0.3 is 5.97 Å². The molecule has 0 saturated heterocycles. The van der Waals surface area contributed by atoms with E-state index in [0.29, 0.717) is 0 Å². The number of Topliss-reactive ketones (excluding diaryl/α,β-unsaturated/α-hetero) is 1. The predicted octanol–water partition coefficient (Wildman–Crippen LogP) is 3.96. The lowest BCUT2D eigenvalue weighted by molar-refractivity contribution is -0.385. The third kappa shape index (κ3) is 4.66. The van der Waals surface area contributed by atoms with Crippen LogP contribution >= 0.6 is 23.2 Å². The van der Waals surface area contributed by atoms with Gasteiger partial charge in [0.15, 0.2) is 23.9 Å². The van der Waals surface area contributed by atoms with Gasteiger partial charge in [-0.25, -0.2) is 4.79 Å². The fraction of sp³-hybridized carbons (Fsp3) is 0.176. The second-order valence-corrected chi connectivity index (χ2v) is 5.92. The zero-order valence-electron chi connectivity index (χ0n) is 14.2. The highest BCUT2D eigenvalue weighted by Gasteiger charge is 2.26. The van der Waals surface area contributed by atoms with E-state index >= 15 is 0 Å². The van der Waals surface area contributed by atoms with E-state index in [1.807, 2.05) is 0 Å². The molecule has 0 saturated carbocycles. The van der Waals surface area contributed by atoms with E-state index in [9.17, 15) is 19.7 Å². The second-order valence-electron chi connectivity index (χ2n) is 5.11. The Balaban J connectivity index is 2.23. The number of methoxy groups -OCH3 is 2. The Hall–Kier alpha value is -2.84. The number of carbonyl (C=O) groups excluding carboxylic acids is 2. The lowest BCUT2D eigenvalue weighted by Gasteiger charge is -2.10. The van der Waals surface area contributed by atoms with E-state index in [0.717, 1.165) is 12.1 Å². The van der Waals surface area contributed by atoms with Crippen LogP contribution in [0.25, 0.3) is 0 Å². The Morgan fingerprint density at radius 1 is 1.04 bits per heavy atom. The van der Waals surface area contributed by atoms with Crippen LogP contribution in [-0.2, 0) is 4.74 Å². The SMILES string of the molecule is COc1cc(C(=O)OCC(=O)c2ccc(Cl)c(Cl)c2)c([N+](=O)[O-])cc1OC. The highest BCUT2D eigenvalue weighted by Crippen LogP contribution is 2.34. The van der Waals surface area contributed by atoms with Gasteiger partial charge in [-0.2, -0.15) is 0 Å². The Bertz CT molecular complexity index is 914. The zero-order valence-corrected chi connectivity index (χ0v) is 15.7. The van der Waals surface area contributed by atoms with E-state index in [1.165, 1.54) is 32.4 Å². The normalized spacial score (nSPS) is 10.2. The molecule has 2 aromatic carbocycles. The van der Waals surface area contributed by atoms with Gasteiger partial charge in [-0.05, 0) is 18.2 Å². The average Bonchev–Trinajstić information content (AvgIpc) is 2.66. The predicted molar refractivity (Wildman–Crippen MR) is 97.3 cm³/mol. The van der Waals surface area contributed by atoms with Crippen LogP contribution in [0.15, 0.2) is 30.3 Å². The second kappa shape index (κ2) is 8.70. The van der Waals surface area contributed by atoms with Crippen molar-refractivity contribution in [3.63, 3.8) is 0 Å². The summed E-state index contributed by atoms with van der Waals surface area (Å²) in [5.74, 6) is -1.43. The van der Waals surface area contributed by atoms with Crippen molar-refractivity contribution >= 4 is 40.6 Å². The van der Waals surface area contributed by atoms with Crippen molar-refractivity contribution in [3.8, 4) is 11.5 Å². The molecule has 0 atom stereocenters. The van der Waals surface area contributed by atoms with E-state index < -0.39 is 29.0 Å². The first-order chi connectivity index (χ1) is 12.8. The van der Waals surface area contributed by atoms with Gasteiger partial charge in [-0.1, -0.05) is 23.2 Å². The van der Waals surface area contributed by atoms with Crippen LogP contribution in [0.3, 0.4) is 0 Å². The van der Waals surface area contributed by atoms with E-state index in [1.54, 1.807) is 0 Å². The van der Waals surface area contributed by atoms with Gasteiger partial charge in [0, 0.05) is 11.6 Å². The molecule has 0 N–H and O–H groups in total. The standard InChI is InChI=1S/C17H13Cl2NO7/c1-25-15-6-10(13(20(23)24)7-16(15)26-2)17(22)27-8-14(21)9-3-4-11(18)12(19)5-9/h3-7H,8H2,1-2H3. The summed E-state index contributed by atoms with van der Waals surface area (Å²) in [6, 6.07) is 6.33. The van der Waals surface area contributed by atoms with Crippen LogP contribution in [0.1, 0.15) is 20.7 Å². The molecule has 0 fully saturated rings. The van der Waals surface area contributed by atoms with Crippen LogP contribution in [-0.4, -0.2) is 37.5 Å². The molecule has 0 radical (unpaired) electrons. The summed E-state index contributed by atoms with van der Waals surface area (Å²) in [6.07, 6.45) is 0. The van der Waals surface area contributed by atoms with E-state index in [-0.39, 0.29) is 32.7 Å². The molecule has 2 rings (SSSR count). The van der Waals surface area contributed by atoms with Crippen LogP contribution in [0.5, 0.6) is 11.5 Å². The number of rotatable bonds is 7. The lowest BCUT2D eigenvalue weighted by atomic mass is 10.1. The smallest absolute Gasteiger partial charge is 0.345 e. The Morgan fingerprint density at radius 2 is 1.67 bits per heavy atom. The molecule has 0 spiro atoms. The molecule has 2 aromatic rings. The van der Waals surface area contributed by atoms with Gasteiger partial charge in [-0.3, -0.25) is 14.9 Å². The molecule has 0 aliphatic heterocycles. The number of nitro benzene ring substituents is 1. The Labute approximate surface area is 163 Å². The van der Waals surface area contributed by atoms with Gasteiger partial charge in [0.25, 0.3) is 5.69 Å². The van der Waals surface area contributed by atoms with Gasteiger partial charge in [0.2, 0.25) is 0 Å². The molecule has 0 unspecified atom stereocenters. The number of benzene rings is 2. The fourth-order valence-electron chi connectivity index (χ4n) is 2.14. The number of ether oxygens (including phenoxy) is 3. The Morgan fingerprint density at radius 3 is 2.22 bits per heavy atom. The minimum atomic E-state index is -1.06. The highest BCUT2D eigenvalue weighted by molar-refractivity contribution is 6.42. The van der Waals surface area contributed by atoms with Crippen molar-refractivity contribution in [3.05, 3.63) is 61.6 Å². The molecule has 27 heavy (non-hydrogen) atoms. The first-order valence-electron chi connectivity index (χ1n) is 7.34. The van der Waals surface area contributed by atoms with Crippen molar-refractivity contribution in [2.75, 3.05) is 20.8 Å². The molecule has 0 aromatic heterocycles. The molecular weight excluding hydrogens is 401 g/mol. The summed E-state index contributed by atoms with van der Waals surface area (Å²) in [4.78, 5) is 34.9. The summed E-state index contributed by atoms with van der Waals surface area (Å²) in [6.45, 7) is -0.637. The number of ketones is 1. The van der Waals surface area contributed by atoms with Crippen molar-refractivity contribution in [2.24, 2.45) is 0 Å². The number of nitro groups is 1. The molecule has 0 aliphatic rings. The quantitative estimate of drug-likeness (QED) is 0.292. The summed E-state index contributed by atoms with van der Waals surface area (Å²) >= 11 is 11.6. The molecule has 0 aliphatic carbocycles. The minimum Gasteiger partial charge on any atom is -0.493 e. The largest absolute Gasteiger partial charge is 0.493 e. The van der Waals surface area contributed by atoms with Crippen molar-refractivity contribution < 1.29 is 28.7 Å². The summed E-state index contributed by atoms with van der Waals surface area (Å²) in [5, 5.41) is 11.7. The maximum atomic E-state index is 12.3. The summed E-state index contributed by atoms with van der Waals surface area (Å²) in [5.41, 5.74) is -0.738. The number of nitrogens with zero attached hydrogens (tertiary/aromatic N) is 1. The van der Waals surface area contributed by atoms with Crippen LogP contribution in [0, 0.1) is 10.1 Å². The highest BCUT2D eigenvalue weighted by atomic mass is 35.5. The average molecular weight is 414 g/mol. The van der Waals surface area contributed by atoms with Crippen LogP contribution in [0.4, 0.5) is 5.69 Å². The monoisotopic (exact) mass is 413 g/mol. The van der Waals surface area contributed by atoms with Gasteiger partial charge in [0.1, 0.15) is 5.56 Å². The Kier molecular flexibility index (Phi) is 6.59. The van der Waals surface area contributed by atoms with E-state index in [4.69, 9.17) is 37.4 Å². The number of carbonyl (C=O) groups is 2. The minimum absolute atomic E-state index is 0.0765. The zero-order chi connectivity index (χ0) is 20.1. The van der Waals surface area contributed by atoms with Gasteiger partial charge < -0.3 is 14.2 Å². The first kappa shape index (κ1) is 20.5. The lowest BCUT2D eigenvalue weighted by Crippen LogP contribution is -2.15. The van der Waals surface area contributed by atoms with Crippen molar-refractivity contribution in [1.29, 1.82) is 0 Å². The number of esters is 1. The molecule has 0 amide bonds. The van der Waals surface area contributed by atoms with Crippen LogP contribution < -0.4 is 9.47 Å². The van der Waals surface area contributed by atoms with Gasteiger partial charge in [-0.15, -0.1) is 0 Å².